The number of hydrogen-bond donors (Lipinski definition) is 2. The van der Waals surface area contributed by atoms with Crippen LogP contribution in [-0.2, 0) is 19.6 Å². The number of hydrogen-bond acceptors (Lipinski definition) is 5. The Bertz CT molecular complexity index is 1180. The van der Waals surface area contributed by atoms with E-state index in [-0.39, 0.29) is 35.4 Å². The van der Waals surface area contributed by atoms with Gasteiger partial charge in [-0.2, -0.15) is 4.31 Å². The van der Waals surface area contributed by atoms with Gasteiger partial charge in [0.05, 0.1) is 10.6 Å². The van der Waals surface area contributed by atoms with E-state index in [2.05, 4.69) is 10.6 Å². The molecule has 4 rings (SSSR count). The average molecular weight is 447 g/mol. The molecule has 0 bridgehead atoms. The fourth-order valence-electron chi connectivity index (χ4n) is 3.81. The van der Waals surface area contributed by atoms with Gasteiger partial charge in [-0.1, -0.05) is 6.07 Å². The topological polar surface area (TPSA) is 105 Å². The summed E-state index contributed by atoms with van der Waals surface area (Å²) in [6, 6.07) is 6.33. The zero-order chi connectivity index (χ0) is 22.3. The smallest absolute Gasteiger partial charge is 0.262 e. The summed E-state index contributed by atoms with van der Waals surface area (Å²) in [4.78, 5) is 24.4. The monoisotopic (exact) mass is 447 g/mol. The van der Waals surface area contributed by atoms with Crippen LogP contribution in [-0.4, -0.2) is 43.7 Å². The minimum Gasteiger partial charge on any atom is -0.482 e. The second-order valence-corrected chi connectivity index (χ2v) is 9.54. The maximum absolute atomic E-state index is 13.8. The van der Waals surface area contributed by atoms with Gasteiger partial charge in [0.25, 0.3) is 5.91 Å². The Morgan fingerprint density at radius 2 is 2.00 bits per heavy atom. The van der Waals surface area contributed by atoms with Crippen molar-refractivity contribution in [3.8, 4) is 5.75 Å². The van der Waals surface area contributed by atoms with Gasteiger partial charge in [-0.05, 0) is 56.0 Å². The van der Waals surface area contributed by atoms with Crippen molar-refractivity contribution >= 4 is 33.2 Å². The molecule has 31 heavy (non-hydrogen) atoms. The number of nitrogens with zero attached hydrogens (tertiary/aromatic N) is 1. The molecule has 2 aliphatic heterocycles. The van der Waals surface area contributed by atoms with Gasteiger partial charge < -0.3 is 15.4 Å². The number of benzene rings is 2. The number of rotatable bonds is 4. The van der Waals surface area contributed by atoms with Gasteiger partial charge in [0.2, 0.25) is 15.9 Å². The molecule has 2 heterocycles. The lowest BCUT2D eigenvalue weighted by Crippen LogP contribution is -2.43. The van der Waals surface area contributed by atoms with E-state index in [0.29, 0.717) is 29.7 Å². The van der Waals surface area contributed by atoms with Gasteiger partial charge in [-0.25, -0.2) is 12.8 Å². The summed E-state index contributed by atoms with van der Waals surface area (Å²) in [7, 11) is -4.01. The molecule has 1 fully saturated rings. The van der Waals surface area contributed by atoms with E-state index in [1.54, 1.807) is 32.0 Å². The molecule has 0 unspecified atom stereocenters. The normalized spacial score (nSPS) is 18.8. The van der Waals surface area contributed by atoms with Crippen LogP contribution in [0.3, 0.4) is 0 Å². The molecule has 2 aromatic carbocycles. The molecule has 8 nitrogen and oxygen atoms in total. The number of nitrogens with one attached hydrogen (secondary N) is 2. The third-order valence-corrected chi connectivity index (χ3v) is 7.49. The van der Waals surface area contributed by atoms with E-state index in [9.17, 15) is 22.4 Å². The van der Waals surface area contributed by atoms with Crippen LogP contribution < -0.4 is 15.4 Å². The van der Waals surface area contributed by atoms with Gasteiger partial charge >= 0.3 is 0 Å². The standard InChI is InChI=1S/C21H22FN3O5S/c1-12-5-6-14(9-15(12)22)23-21(27)17-4-3-7-25(17)31(28,29)19-10-18-16(8-13(19)2)24-20(26)11-30-18/h5-6,8-10,17H,3-4,7,11H2,1-2H3,(H,23,27)(H,24,26)/t17-/m0/s1. The van der Waals surface area contributed by atoms with Crippen LogP contribution in [0.5, 0.6) is 5.75 Å². The van der Waals surface area contributed by atoms with Gasteiger partial charge in [0.15, 0.2) is 6.61 Å². The van der Waals surface area contributed by atoms with Crippen LogP contribution in [0, 0.1) is 19.7 Å². The molecule has 0 saturated carbocycles. The predicted octanol–water partition coefficient (Wildman–Crippen LogP) is 2.57. The highest BCUT2D eigenvalue weighted by atomic mass is 32.2. The summed E-state index contributed by atoms with van der Waals surface area (Å²) in [5.74, 6) is -1.01. The summed E-state index contributed by atoms with van der Waals surface area (Å²) in [6.07, 6.45) is 0.881. The third-order valence-electron chi connectivity index (χ3n) is 5.44. The van der Waals surface area contributed by atoms with Crippen molar-refractivity contribution < 1.29 is 27.1 Å². The van der Waals surface area contributed by atoms with Crippen molar-refractivity contribution in [3.63, 3.8) is 0 Å². The summed E-state index contributed by atoms with van der Waals surface area (Å²) < 4.78 is 47.2. The average Bonchev–Trinajstić information content (AvgIpc) is 3.21. The fourth-order valence-corrected chi connectivity index (χ4v) is 5.69. The number of ether oxygens (including phenoxy) is 1. The zero-order valence-electron chi connectivity index (χ0n) is 17.1. The highest BCUT2D eigenvalue weighted by molar-refractivity contribution is 7.89. The van der Waals surface area contributed by atoms with Crippen molar-refractivity contribution in [2.45, 2.75) is 37.6 Å². The molecule has 0 aliphatic carbocycles. The Morgan fingerprint density at radius 1 is 1.23 bits per heavy atom. The first-order chi connectivity index (χ1) is 14.7. The highest BCUT2D eigenvalue weighted by Gasteiger charge is 2.40. The molecule has 2 N–H and O–H groups in total. The Labute approximate surface area is 179 Å². The maximum Gasteiger partial charge on any atom is 0.262 e. The van der Waals surface area contributed by atoms with Gasteiger partial charge in [-0.15, -0.1) is 0 Å². The number of aryl methyl sites for hydroxylation is 2. The van der Waals surface area contributed by atoms with Crippen LogP contribution in [0.2, 0.25) is 0 Å². The lowest BCUT2D eigenvalue weighted by Gasteiger charge is -2.26. The molecular formula is C21H22FN3O5S. The first kappa shape index (κ1) is 21.3. The quantitative estimate of drug-likeness (QED) is 0.750. The number of carbonyl (C=O) groups excluding carboxylic acids is 2. The molecule has 2 aromatic rings. The molecule has 164 valence electrons. The SMILES string of the molecule is Cc1ccc(NC(=O)[C@@H]2CCCN2S(=O)(=O)c2cc3c(cc2C)NC(=O)CO3)cc1F. The van der Waals surface area contributed by atoms with Crippen molar-refractivity contribution in [1.82, 2.24) is 4.31 Å². The van der Waals surface area contributed by atoms with Crippen LogP contribution >= 0.6 is 0 Å². The largest absolute Gasteiger partial charge is 0.482 e. The van der Waals surface area contributed by atoms with Crippen LogP contribution in [0.15, 0.2) is 35.2 Å². The molecule has 0 spiro atoms. The third kappa shape index (κ3) is 4.00. The molecule has 1 saturated heterocycles. The van der Waals surface area contributed by atoms with E-state index in [1.807, 2.05) is 0 Å². The summed E-state index contributed by atoms with van der Waals surface area (Å²) in [5, 5.41) is 5.26. The van der Waals surface area contributed by atoms with E-state index in [0.717, 1.165) is 0 Å². The number of fused-ring (bicyclic) bond motifs is 1. The minimum absolute atomic E-state index is 0.0171. The highest BCUT2D eigenvalue weighted by Crippen LogP contribution is 2.36. The number of amides is 2. The van der Waals surface area contributed by atoms with Crippen molar-refractivity contribution in [3.05, 3.63) is 47.3 Å². The van der Waals surface area contributed by atoms with Gasteiger partial charge in [0.1, 0.15) is 17.6 Å². The van der Waals surface area contributed by atoms with E-state index in [1.165, 1.54) is 16.4 Å². The summed E-state index contributed by atoms with van der Waals surface area (Å²) >= 11 is 0. The zero-order valence-corrected chi connectivity index (χ0v) is 17.9. The Kier molecular flexibility index (Phi) is 5.44. The number of anilines is 2. The summed E-state index contributed by atoms with van der Waals surface area (Å²) in [6.45, 7) is 3.23. The molecule has 2 amide bonds. The second-order valence-electron chi connectivity index (χ2n) is 7.68. The van der Waals surface area contributed by atoms with Gasteiger partial charge in [0, 0.05) is 18.3 Å². The van der Waals surface area contributed by atoms with E-state index in [4.69, 9.17) is 4.74 Å². The maximum atomic E-state index is 13.8. The molecule has 0 radical (unpaired) electrons. The summed E-state index contributed by atoms with van der Waals surface area (Å²) in [5.41, 5.74) is 1.55. The molecule has 0 aromatic heterocycles. The Hall–Kier alpha value is -2.98. The number of carbonyl (C=O) groups is 2. The number of halogens is 1. The molecule has 2 aliphatic rings. The second kappa shape index (κ2) is 7.93. The first-order valence-electron chi connectivity index (χ1n) is 9.83. The lowest BCUT2D eigenvalue weighted by molar-refractivity contribution is -0.119. The van der Waals surface area contributed by atoms with Crippen molar-refractivity contribution in [2.24, 2.45) is 0 Å². The lowest BCUT2D eigenvalue weighted by atomic mass is 10.2. The van der Waals surface area contributed by atoms with Crippen LogP contribution in [0.25, 0.3) is 0 Å². The predicted molar refractivity (Wildman–Crippen MR) is 112 cm³/mol. The van der Waals surface area contributed by atoms with Crippen LogP contribution in [0.4, 0.5) is 15.8 Å². The fraction of sp³-hybridized carbons (Fsp3) is 0.333. The van der Waals surface area contributed by atoms with E-state index >= 15 is 0 Å². The molecular weight excluding hydrogens is 425 g/mol. The van der Waals surface area contributed by atoms with Crippen molar-refractivity contribution in [1.29, 1.82) is 0 Å². The number of sulfonamides is 1. The Morgan fingerprint density at radius 3 is 2.74 bits per heavy atom. The molecule has 1 atom stereocenters. The van der Waals surface area contributed by atoms with Gasteiger partial charge in [-0.3, -0.25) is 9.59 Å². The van der Waals surface area contributed by atoms with E-state index < -0.39 is 27.8 Å². The minimum atomic E-state index is -4.01. The van der Waals surface area contributed by atoms with Crippen LogP contribution in [0.1, 0.15) is 24.0 Å². The van der Waals surface area contributed by atoms with Crippen molar-refractivity contribution in [2.75, 3.05) is 23.8 Å². The Balaban J connectivity index is 1.61. The molecule has 10 heteroatoms. The first-order valence-corrected chi connectivity index (χ1v) is 11.3.